The van der Waals surface area contributed by atoms with Crippen molar-refractivity contribution in [3.8, 4) is 0 Å². The second-order valence-electron chi connectivity index (χ2n) is 5.99. The molecule has 2 aliphatic rings. The van der Waals surface area contributed by atoms with E-state index in [1.807, 2.05) is 35.2 Å². The molecule has 2 saturated carbocycles. The Morgan fingerprint density at radius 3 is 2.50 bits per heavy atom. The molecule has 4 rings (SSSR count). The summed E-state index contributed by atoms with van der Waals surface area (Å²) >= 11 is 0. The van der Waals surface area contributed by atoms with Gasteiger partial charge in [-0.25, -0.2) is 0 Å². The maximum atomic E-state index is 12.7. The van der Waals surface area contributed by atoms with E-state index in [-0.39, 0.29) is 5.41 Å². The molecule has 1 aromatic carbocycles. The van der Waals surface area contributed by atoms with Gasteiger partial charge in [-0.1, -0.05) is 30.3 Å². The number of furan rings is 1. The molecule has 20 heavy (non-hydrogen) atoms. The molecular formula is C17H17NO2. The molecule has 0 aliphatic heterocycles. The van der Waals surface area contributed by atoms with Gasteiger partial charge in [0.1, 0.15) is 5.76 Å². The van der Waals surface area contributed by atoms with Crippen molar-refractivity contribution in [2.24, 2.45) is 11.3 Å². The Labute approximate surface area is 118 Å². The molecule has 0 bridgehead atoms. The lowest BCUT2D eigenvalue weighted by Crippen LogP contribution is -2.33. The molecule has 2 fully saturated rings. The number of amides is 1. The highest BCUT2D eigenvalue weighted by Crippen LogP contribution is 2.76. The predicted octanol–water partition coefficient (Wildman–Crippen LogP) is 3.22. The van der Waals surface area contributed by atoms with E-state index in [9.17, 15) is 4.79 Å². The van der Waals surface area contributed by atoms with Gasteiger partial charge in [0.2, 0.25) is 5.91 Å². The van der Waals surface area contributed by atoms with E-state index in [0.29, 0.717) is 24.9 Å². The first-order valence-corrected chi connectivity index (χ1v) is 7.14. The number of nitrogens with zero attached hydrogens (tertiary/aromatic N) is 1. The number of rotatable bonds is 5. The first-order valence-electron chi connectivity index (χ1n) is 7.14. The van der Waals surface area contributed by atoms with Crippen molar-refractivity contribution in [2.45, 2.75) is 25.9 Å². The van der Waals surface area contributed by atoms with Gasteiger partial charge in [-0.05, 0) is 36.5 Å². The molecule has 0 atom stereocenters. The van der Waals surface area contributed by atoms with Gasteiger partial charge in [-0.2, -0.15) is 0 Å². The van der Waals surface area contributed by atoms with E-state index in [4.69, 9.17) is 4.42 Å². The standard InChI is InChI=1S/C17H17NO2/c19-16(17-9-14(17)10-17)18(12-15-7-4-8-20-15)11-13-5-2-1-3-6-13/h1-8,14H,9-12H2. The van der Waals surface area contributed by atoms with Crippen LogP contribution in [0.4, 0.5) is 0 Å². The molecule has 3 nitrogen and oxygen atoms in total. The topological polar surface area (TPSA) is 33.5 Å². The Balaban J connectivity index is 1.54. The highest BCUT2D eigenvalue weighted by molar-refractivity contribution is 5.90. The van der Waals surface area contributed by atoms with Crippen LogP contribution in [-0.4, -0.2) is 10.8 Å². The lowest BCUT2D eigenvalue weighted by Gasteiger charge is -2.23. The van der Waals surface area contributed by atoms with E-state index in [0.717, 1.165) is 18.6 Å². The van der Waals surface area contributed by atoms with Crippen LogP contribution in [0.25, 0.3) is 0 Å². The molecular weight excluding hydrogens is 250 g/mol. The van der Waals surface area contributed by atoms with Crippen LogP contribution in [0.1, 0.15) is 24.2 Å². The van der Waals surface area contributed by atoms with Gasteiger partial charge >= 0.3 is 0 Å². The maximum absolute atomic E-state index is 12.7. The van der Waals surface area contributed by atoms with Crippen molar-refractivity contribution in [1.82, 2.24) is 4.90 Å². The molecule has 2 aliphatic carbocycles. The molecule has 3 heteroatoms. The largest absolute Gasteiger partial charge is 0.467 e. The summed E-state index contributed by atoms with van der Waals surface area (Å²) in [5.41, 5.74) is 1.18. The van der Waals surface area contributed by atoms with Crippen molar-refractivity contribution in [1.29, 1.82) is 0 Å². The van der Waals surface area contributed by atoms with Crippen LogP contribution in [0.5, 0.6) is 0 Å². The van der Waals surface area contributed by atoms with E-state index in [1.54, 1.807) is 6.26 Å². The normalized spacial score (nSPS) is 25.9. The number of carbonyl (C=O) groups is 1. The summed E-state index contributed by atoms with van der Waals surface area (Å²) in [5.74, 6) is 1.83. The summed E-state index contributed by atoms with van der Waals surface area (Å²) < 4.78 is 5.40. The fraction of sp³-hybridized carbons (Fsp3) is 0.353. The monoisotopic (exact) mass is 267 g/mol. The van der Waals surface area contributed by atoms with E-state index in [1.165, 1.54) is 5.56 Å². The van der Waals surface area contributed by atoms with Crippen LogP contribution < -0.4 is 0 Å². The smallest absolute Gasteiger partial charge is 0.229 e. The van der Waals surface area contributed by atoms with E-state index >= 15 is 0 Å². The van der Waals surface area contributed by atoms with Gasteiger partial charge < -0.3 is 9.32 Å². The molecule has 1 heterocycles. The molecule has 102 valence electrons. The number of hydrogen-bond acceptors (Lipinski definition) is 2. The zero-order valence-electron chi connectivity index (χ0n) is 11.3. The summed E-state index contributed by atoms with van der Waals surface area (Å²) in [7, 11) is 0. The highest BCUT2D eigenvalue weighted by atomic mass is 16.3. The lowest BCUT2D eigenvalue weighted by molar-refractivity contribution is -0.136. The average molecular weight is 267 g/mol. The molecule has 0 saturated heterocycles. The van der Waals surface area contributed by atoms with Crippen molar-refractivity contribution in [2.75, 3.05) is 0 Å². The lowest BCUT2D eigenvalue weighted by atomic mass is 10.1. The van der Waals surface area contributed by atoms with Gasteiger partial charge in [0.05, 0.1) is 18.2 Å². The number of fused-ring (bicyclic) bond motifs is 1. The van der Waals surface area contributed by atoms with Gasteiger partial charge in [0, 0.05) is 6.54 Å². The summed E-state index contributed by atoms with van der Waals surface area (Å²) in [6.07, 6.45) is 3.85. The number of benzene rings is 1. The Morgan fingerprint density at radius 1 is 1.15 bits per heavy atom. The van der Waals surface area contributed by atoms with Gasteiger partial charge in [0.25, 0.3) is 0 Å². The number of hydrogen-bond donors (Lipinski definition) is 0. The fourth-order valence-electron chi connectivity index (χ4n) is 2.96. The summed E-state index contributed by atoms with van der Waals surface area (Å²) in [6.45, 7) is 1.23. The van der Waals surface area contributed by atoms with Crippen LogP contribution in [0, 0.1) is 11.3 Å². The average Bonchev–Trinajstić information content (AvgIpc) is 3.27. The van der Waals surface area contributed by atoms with Gasteiger partial charge in [-0.15, -0.1) is 0 Å². The molecule has 0 spiro atoms. The molecule has 0 N–H and O–H groups in total. The number of carbonyl (C=O) groups excluding carboxylic acids is 1. The summed E-state index contributed by atoms with van der Waals surface area (Å²) in [6, 6.07) is 14.0. The zero-order chi connectivity index (χ0) is 13.6. The van der Waals surface area contributed by atoms with Crippen molar-refractivity contribution < 1.29 is 9.21 Å². The SMILES string of the molecule is O=C(N(Cc1ccccc1)Cc1ccco1)C12CC1C2. The highest BCUT2D eigenvalue weighted by Gasteiger charge is 2.75. The van der Waals surface area contributed by atoms with Crippen molar-refractivity contribution in [3.63, 3.8) is 0 Å². The molecule has 0 radical (unpaired) electrons. The Bertz CT molecular complexity index is 612. The minimum atomic E-state index is 0.0153. The summed E-state index contributed by atoms with van der Waals surface area (Å²) in [5, 5.41) is 0. The van der Waals surface area contributed by atoms with Crippen LogP contribution in [0.15, 0.2) is 53.1 Å². The van der Waals surface area contributed by atoms with Crippen molar-refractivity contribution in [3.05, 3.63) is 60.1 Å². The first kappa shape index (κ1) is 11.8. The molecule has 1 amide bonds. The fourth-order valence-corrected chi connectivity index (χ4v) is 2.96. The Kier molecular flexibility index (Phi) is 2.49. The molecule has 2 aromatic rings. The van der Waals surface area contributed by atoms with E-state index in [2.05, 4.69) is 12.1 Å². The van der Waals surface area contributed by atoms with Crippen molar-refractivity contribution >= 4 is 5.91 Å². The minimum absolute atomic E-state index is 0.0153. The quantitative estimate of drug-likeness (QED) is 0.833. The maximum Gasteiger partial charge on any atom is 0.229 e. The molecule has 0 unspecified atom stereocenters. The van der Waals surface area contributed by atoms with E-state index < -0.39 is 0 Å². The summed E-state index contributed by atoms with van der Waals surface area (Å²) in [4.78, 5) is 14.6. The van der Waals surface area contributed by atoms with Crippen LogP contribution in [0.2, 0.25) is 0 Å². The second-order valence-corrected chi connectivity index (χ2v) is 5.99. The predicted molar refractivity (Wildman–Crippen MR) is 74.6 cm³/mol. The van der Waals surface area contributed by atoms with Crippen LogP contribution in [-0.2, 0) is 17.9 Å². The first-order chi connectivity index (χ1) is 9.78. The molecule has 1 aromatic heterocycles. The third-order valence-electron chi connectivity index (χ3n) is 4.54. The minimum Gasteiger partial charge on any atom is -0.467 e. The second kappa shape index (κ2) is 4.23. The van der Waals surface area contributed by atoms with Gasteiger partial charge in [-0.3, -0.25) is 4.79 Å². The third kappa shape index (κ3) is 1.94. The van der Waals surface area contributed by atoms with Crippen LogP contribution >= 0.6 is 0 Å². The zero-order valence-corrected chi connectivity index (χ0v) is 11.3. The Morgan fingerprint density at radius 2 is 1.90 bits per heavy atom. The van der Waals surface area contributed by atoms with Gasteiger partial charge in [0.15, 0.2) is 0 Å². The third-order valence-corrected chi connectivity index (χ3v) is 4.54. The Hall–Kier alpha value is -2.03. The van der Waals surface area contributed by atoms with Crippen LogP contribution in [0.3, 0.4) is 0 Å².